The number of aromatic nitrogens is 1. The van der Waals surface area contributed by atoms with Crippen LogP contribution >= 0.6 is 0 Å². The number of nitrogens with zero attached hydrogens (tertiary/aromatic N) is 3. The van der Waals surface area contributed by atoms with Gasteiger partial charge in [-0.3, -0.25) is 4.79 Å². The summed E-state index contributed by atoms with van der Waals surface area (Å²) in [7, 11) is 1.97. The number of hydrogen-bond donors (Lipinski definition) is 0. The molecule has 2 aliphatic heterocycles. The van der Waals surface area contributed by atoms with Gasteiger partial charge in [-0.1, -0.05) is 11.6 Å². The SMILES string of the molecule is Cc1ccc2c(c1)cc1n2CCN2C(=O)c3cc(F)ccc3N(C)C12. The Morgan fingerprint density at radius 1 is 1.08 bits per heavy atom. The molecule has 4 nitrogen and oxygen atoms in total. The molecule has 2 aliphatic rings. The summed E-state index contributed by atoms with van der Waals surface area (Å²) in [5.41, 5.74) is 4.76. The molecular weight excluding hydrogens is 317 g/mol. The molecule has 1 amide bonds. The molecule has 0 bridgehead atoms. The molecule has 1 atom stereocenters. The van der Waals surface area contributed by atoms with Gasteiger partial charge in [0.05, 0.1) is 16.9 Å². The average Bonchev–Trinajstić information content (AvgIpc) is 2.96. The Kier molecular flexibility index (Phi) is 2.82. The number of aryl methyl sites for hydroxylation is 1. The van der Waals surface area contributed by atoms with Gasteiger partial charge >= 0.3 is 0 Å². The minimum atomic E-state index is -0.374. The van der Waals surface area contributed by atoms with Crippen molar-refractivity contribution in [2.75, 3.05) is 18.5 Å². The molecule has 0 saturated carbocycles. The smallest absolute Gasteiger partial charge is 0.258 e. The Balaban J connectivity index is 1.72. The van der Waals surface area contributed by atoms with Crippen LogP contribution in [0.3, 0.4) is 0 Å². The summed E-state index contributed by atoms with van der Waals surface area (Å²) in [6.45, 7) is 3.46. The van der Waals surface area contributed by atoms with Crippen molar-refractivity contribution in [2.45, 2.75) is 19.6 Å². The fourth-order valence-corrected chi connectivity index (χ4v) is 4.26. The monoisotopic (exact) mass is 335 g/mol. The molecule has 126 valence electrons. The predicted octanol–water partition coefficient (Wildman–Crippen LogP) is 3.69. The van der Waals surface area contributed by atoms with E-state index < -0.39 is 0 Å². The number of amides is 1. The fraction of sp³-hybridized carbons (Fsp3) is 0.250. The highest BCUT2D eigenvalue weighted by Crippen LogP contribution is 2.41. The Hall–Kier alpha value is -2.82. The highest BCUT2D eigenvalue weighted by atomic mass is 19.1. The Bertz CT molecular complexity index is 1040. The minimum Gasteiger partial charge on any atom is -0.349 e. The number of hydrogen-bond acceptors (Lipinski definition) is 2. The van der Waals surface area contributed by atoms with Gasteiger partial charge < -0.3 is 14.4 Å². The van der Waals surface area contributed by atoms with E-state index in [1.165, 1.54) is 28.6 Å². The second-order valence-corrected chi connectivity index (χ2v) is 6.93. The van der Waals surface area contributed by atoms with E-state index in [0.717, 1.165) is 17.9 Å². The van der Waals surface area contributed by atoms with Crippen molar-refractivity contribution in [3.8, 4) is 0 Å². The van der Waals surface area contributed by atoms with E-state index >= 15 is 0 Å². The van der Waals surface area contributed by atoms with E-state index in [2.05, 4.69) is 40.7 Å². The van der Waals surface area contributed by atoms with E-state index in [4.69, 9.17) is 0 Å². The van der Waals surface area contributed by atoms with Crippen LogP contribution in [0.4, 0.5) is 10.1 Å². The van der Waals surface area contributed by atoms with Crippen molar-refractivity contribution in [2.24, 2.45) is 0 Å². The molecule has 1 unspecified atom stereocenters. The molecule has 0 aliphatic carbocycles. The van der Waals surface area contributed by atoms with Gasteiger partial charge in [0.25, 0.3) is 5.91 Å². The van der Waals surface area contributed by atoms with Crippen molar-refractivity contribution in [3.05, 3.63) is 65.1 Å². The standard InChI is InChI=1S/C20H18FN3O/c1-12-3-5-16-13(9-12)10-18-19-22(2)17-6-4-14(21)11-15(17)20(25)24(19)8-7-23(16)18/h3-6,9-11,19H,7-8H2,1-2H3. The molecule has 0 spiro atoms. The number of rotatable bonds is 0. The van der Waals surface area contributed by atoms with Crippen molar-refractivity contribution < 1.29 is 9.18 Å². The maximum Gasteiger partial charge on any atom is 0.258 e. The van der Waals surface area contributed by atoms with Gasteiger partial charge in [0.1, 0.15) is 12.0 Å². The van der Waals surface area contributed by atoms with Gasteiger partial charge in [0.2, 0.25) is 0 Å². The normalized spacial score (nSPS) is 19.0. The molecule has 0 radical (unpaired) electrons. The molecule has 1 aromatic heterocycles. The van der Waals surface area contributed by atoms with E-state index in [9.17, 15) is 9.18 Å². The van der Waals surface area contributed by atoms with E-state index in [0.29, 0.717) is 12.1 Å². The second-order valence-electron chi connectivity index (χ2n) is 6.93. The van der Waals surface area contributed by atoms with Gasteiger partial charge in [0.15, 0.2) is 0 Å². The Morgan fingerprint density at radius 2 is 1.92 bits per heavy atom. The summed E-state index contributed by atoms with van der Waals surface area (Å²) in [4.78, 5) is 16.9. The molecule has 5 heteroatoms. The van der Waals surface area contributed by atoms with Crippen molar-refractivity contribution in [1.82, 2.24) is 9.47 Å². The summed E-state index contributed by atoms with van der Waals surface area (Å²) in [5, 5.41) is 1.20. The molecular formula is C20H18FN3O. The van der Waals surface area contributed by atoms with Crippen LogP contribution in [0.15, 0.2) is 42.5 Å². The number of fused-ring (bicyclic) bond motifs is 6. The molecule has 3 heterocycles. The van der Waals surface area contributed by atoms with Crippen LogP contribution in [-0.4, -0.2) is 29.0 Å². The summed E-state index contributed by atoms with van der Waals surface area (Å²) in [5.74, 6) is -0.467. The van der Waals surface area contributed by atoms with Crippen LogP contribution < -0.4 is 4.90 Å². The van der Waals surface area contributed by atoms with Crippen LogP contribution in [0, 0.1) is 12.7 Å². The molecule has 2 aromatic carbocycles. The lowest BCUT2D eigenvalue weighted by Crippen LogP contribution is -2.52. The minimum absolute atomic E-state index is 0.0923. The summed E-state index contributed by atoms with van der Waals surface area (Å²) < 4.78 is 15.9. The zero-order chi connectivity index (χ0) is 17.3. The molecule has 25 heavy (non-hydrogen) atoms. The lowest BCUT2D eigenvalue weighted by atomic mass is 10.0. The maximum atomic E-state index is 13.6. The van der Waals surface area contributed by atoms with E-state index in [-0.39, 0.29) is 17.9 Å². The van der Waals surface area contributed by atoms with Crippen LogP contribution in [0.2, 0.25) is 0 Å². The van der Waals surface area contributed by atoms with Gasteiger partial charge in [-0.2, -0.15) is 0 Å². The number of anilines is 1. The quantitative estimate of drug-likeness (QED) is 0.627. The summed E-state index contributed by atoms with van der Waals surface area (Å²) >= 11 is 0. The first kappa shape index (κ1) is 14.5. The molecule has 0 N–H and O–H groups in total. The van der Waals surface area contributed by atoms with E-state index in [1.54, 1.807) is 6.07 Å². The molecule has 3 aromatic rings. The fourth-order valence-electron chi connectivity index (χ4n) is 4.26. The third-order valence-corrected chi connectivity index (χ3v) is 5.41. The van der Waals surface area contributed by atoms with Gasteiger partial charge in [-0.15, -0.1) is 0 Å². The zero-order valence-electron chi connectivity index (χ0n) is 14.2. The third kappa shape index (κ3) is 1.89. The zero-order valence-corrected chi connectivity index (χ0v) is 14.2. The maximum absolute atomic E-state index is 13.6. The number of halogens is 1. The second kappa shape index (κ2) is 4.85. The van der Waals surface area contributed by atoms with E-state index in [1.807, 2.05) is 11.9 Å². The summed E-state index contributed by atoms with van der Waals surface area (Å²) in [6.07, 6.45) is -0.160. The average molecular weight is 335 g/mol. The first-order chi connectivity index (χ1) is 12.0. The van der Waals surface area contributed by atoms with Crippen LogP contribution in [0.5, 0.6) is 0 Å². The third-order valence-electron chi connectivity index (χ3n) is 5.41. The number of carbonyl (C=O) groups excluding carboxylic acids is 1. The van der Waals surface area contributed by atoms with Crippen LogP contribution in [-0.2, 0) is 6.54 Å². The van der Waals surface area contributed by atoms with Crippen molar-refractivity contribution in [3.63, 3.8) is 0 Å². The predicted molar refractivity (Wildman–Crippen MR) is 95.3 cm³/mol. The first-order valence-corrected chi connectivity index (χ1v) is 8.48. The first-order valence-electron chi connectivity index (χ1n) is 8.48. The highest BCUT2D eigenvalue weighted by Gasteiger charge is 2.40. The van der Waals surface area contributed by atoms with Crippen LogP contribution in [0.25, 0.3) is 10.9 Å². The lowest BCUT2D eigenvalue weighted by Gasteiger charge is -2.46. The van der Waals surface area contributed by atoms with Gasteiger partial charge in [-0.25, -0.2) is 4.39 Å². The Labute approximate surface area is 145 Å². The van der Waals surface area contributed by atoms with Crippen LogP contribution in [0.1, 0.15) is 27.8 Å². The molecule has 0 saturated heterocycles. The lowest BCUT2D eigenvalue weighted by molar-refractivity contribution is 0.0601. The summed E-state index contributed by atoms with van der Waals surface area (Å²) in [6, 6.07) is 13.1. The number of benzene rings is 2. The highest BCUT2D eigenvalue weighted by molar-refractivity contribution is 6.02. The van der Waals surface area contributed by atoms with Crippen molar-refractivity contribution >= 4 is 22.5 Å². The van der Waals surface area contributed by atoms with Gasteiger partial charge in [0, 0.05) is 31.0 Å². The Morgan fingerprint density at radius 3 is 2.76 bits per heavy atom. The number of carbonyl (C=O) groups is 1. The molecule has 5 rings (SSSR count). The molecule has 0 fully saturated rings. The topological polar surface area (TPSA) is 28.5 Å². The van der Waals surface area contributed by atoms with Gasteiger partial charge in [-0.05, 0) is 43.3 Å². The largest absolute Gasteiger partial charge is 0.349 e. The van der Waals surface area contributed by atoms with Crippen molar-refractivity contribution in [1.29, 1.82) is 0 Å².